The topological polar surface area (TPSA) is 68.0 Å². The van der Waals surface area contributed by atoms with Crippen molar-refractivity contribution >= 4 is 17.4 Å². The van der Waals surface area contributed by atoms with Crippen molar-refractivity contribution in [3.63, 3.8) is 0 Å². The quantitative estimate of drug-likeness (QED) is 0.902. The highest BCUT2D eigenvalue weighted by molar-refractivity contribution is 6.04. The molecule has 0 fully saturated rings. The predicted octanol–water partition coefficient (Wildman–Crippen LogP) is 3.49. The van der Waals surface area contributed by atoms with Crippen molar-refractivity contribution in [3.8, 4) is 0 Å². The fourth-order valence-electron chi connectivity index (χ4n) is 2.38. The van der Waals surface area contributed by atoms with Crippen LogP contribution in [0.5, 0.6) is 0 Å². The van der Waals surface area contributed by atoms with Gasteiger partial charge in [0.05, 0.1) is 0 Å². The molecular formula is C17H21N3O. The van der Waals surface area contributed by atoms with E-state index in [-0.39, 0.29) is 5.91 Å². The zero-order chi connectivity index (χ0) is 15.4. The van der Waals surface area contributed by atoms with E-state index in [4.69, 9.17) is 5.73 Å². The number of hydrogen-bond donors (Lipinski definition) is 2. The molecule has 0 saturated heterocycles. The van der Waals surface area contributed by atoms with E-state index in [1.54, 1.807) is 12.1 Å². The zero-order valence-electron chi connectivity index (χ0n) is 12.7. The number of pyridine rings is 1. The number of nitrogens with zero attached hydrogens (tertiary/aromatic N) is 1. The van der Waals surface area contributed by atoms with Gasteiger partial charge >= 0.3 is 0 Å². The fraction of sp³-hybridized carbons (Fsp3) is 0.294. The van der Waals surface area contributed by atoms with Gasteiger partial charge in [0, 0.05) is 16.9 Å². The minimum Gasteiger partial charge on any atom is -0.384 e. The van der Waals surface area contributed by atoms with Gasteiger partial charge in [0.25, 0.3) is 5.91 Å². The van der Waals surface area contributed by atoms with Crippen LogP contribution in [0.25, 0.3) is 0 Å². The summed E-state index contributed by atoms with van der Waals surface area (Å²) in [5, 5.41) is 2.91. The van der Waals surface area contributed by atoms with E-state index < -0.39 is 0 Å². The molecule has 0 bridgehead atoms. The van der Waals surface area contributed by atoms with Crippen molar-refractivity contribution in [1.82, 2.24) is 4.98 Å². The number of anilines is 2. The van der Waals surface area contributed by atoms with Gasteiger partial charge in [-0.15, -0.1) is 0 Å². The average Bonchev–Trinajstić information content (AvgIpc) is 2.37. The molecule has 3 N–H and O–H groups in total. The number of nitrogens with one attached hydrogen (secondary N) is 1. The number of nitrogen functional groups attached to an aromatic ring is 1. The van der Waals surface area contributed by atoms with Gasteiger partial charge in [-0.05, 0) is 55.7 Å². The minimum absolute atomic E-state index is 0.161. The largest absolute Gasteiger partial charge is 0.384 e. The van der Waals surface area contributed by atoms with Gasteiger partial charge in [0.15, 0.2) is 0 Å². The lowest BCUT2D eigenvalue weighted by Crippen LogP contribution is -2.13. The van der Waals surface area contributed by atoms with E-state index >= 15 is 0 Å². The molecule has 0 aliphatic carbocycles. The number of nitrogens with two attached hydrogens (primary N) is 1. The monoisotopic (exact) mass is 283 g/mol. The Morgan fingerprint density at radius 1 is 1.14 bits per heavy atom. The van der Waals surface area contributed by atoms with E-state index in [0.29, 0.717) is 11.4 Å². The third-order valence-corrected chi connectivity index (χ3v) is 3.15. The van der Waals surface area contributed by atoms with Gasteiger partial charge in [0.2, 0.25) is 0 Å². The number of amides is 1. The Morgan fingerprint density at radius 2 is 1.81 bits per heavy atom. The first kappa shape index (κ1) is 15.0. The van der Waals surface area contributed by atoms with Crippen molar-refractivity contribution in [2.24, 2.45) is 0 Å². The average molecular weight is 283 g/mol. The molecule has 1 aromatic heterocycles. The first-order chi connectivity index (χ1) is 9.97. The Hall–Kier alpha value is -2.36. The number of carbonyl (C=O) groups excluding carboxylic acids is 1. The summed E-state index contributed by atoms with van der Waals surface area (Å²) < 4.78 is 0. The highest BCUT2D eigenvalue weighted by atomic mass is 16.1. The van der Waals surface area contributed by atoms with Gasteiger partial charge in [-0.2, -0.15) is 0 Å². The van der Waals surface area contributed by atoms with E-state index in [1.807, 2.05) is 26.0 Å². The molecule has 0 radical (unpaired) electrons. The Balaban J connectivity index is 2.23. The Labute approximate surface area is 125 Å². The van der Waals surface area contributed by atoms with E-state index in [0.717, 1.165) is 35.3 Å². The second-order valence-corrected chi connectivity index (χ2v) is 5.35. The molecule has 0 aliphatic heterocycles. The molecular weight excluding hydrogens is 262 g/mol. The van der Waals surface area contributed by atoms with E-state index in [2.05, 4.69) is 23.3 Å². The second-order valence-electron chi connectivity index (χ2n) is 5.35. The molecule has 0 aliphatic rings. The molecule has 1 heterocycles. The van der Waals surface area contributed by atoms with Gasteiger partial charge in [0.1, 0.15) is 5.82 Å². The van der Waals surface area contributed by atoms with Gasteiger partial charge in [-0.25, -0.2) is 4.98 Å². The van der Waals surface area contributed by atoms with Crippen molar-refractivity contribution in [1.29, 1.82) is 0 Å². The highest BCUT2D eigenvalue weighted by Gasteiger charge is 2.09. The number of benzene rings is 1. The molecule has 0 spiro atoms. The number of carbonyl (C=O) groups is 1. The molecule has 4 heteroatoms. The Kier molecular flexibility index (Phi) is 4.58. The second kappa shape index (κ2) is 6.39. The number of aromatic nitrogens is 1. The first-order valence-electron chi connectivity index (χ1n) is 7.14. The molecule has 0 atom stereocenters. The van der Waals surface area contributed by atoms with Crippen LogP contribution in [0.3, 0.4) is 0 Å². The lowest BCUT2D eigenvalue weighted by atomic mass is 10.1. The van der Waals surface area contributed by atoms with E-state index in [1.165, 1.54) is 0 Å². The minimum atomic E-state index is -0.161. The normalized spacial score (nSPS) is 10.4. The van der Waals surface area contributed by atoms with E-state index in [9.17, 15) is 4.79 Å². The zero-order valence-corrected chi connectivity index (χ0v) is 12.7. The van der Waals surface area contributed by atoms with Gasteiger partial charge < -0.3 is 11.1 Å². The molecule has 0 unspecified atom stereocenters. The Bertz CT molecular complexity index is 645. The molecule has 2 aromatic rings. The van der Waals surface area contributed by atoms with Crippen LogP contribution >= 0.6 is 0 Å². The van der Waals surface area contributed by atoms with Gasteiger partial charge in [-0.1, -0.05) is 19.4 Å². The summed E-state index contributed by atoms with van der Waals surface area (Å²) in [6.45, 7) is 6.08. The molecule has 1 amide bonds. The van der Waals surface area contributed by atoms with Crippen LogP contribution in [0.1, 0.15) is 40.5 Å². The smallest absolute Gasteiger partial charge is 0.255 e. The van der Waals surface area contributed by atoms with Crippen LogP contribution < -0.4 is 11.1 Å². The van der Waals surface area contributed by atoms with Crippen LogP contribution in [-0.4, -0.2) is 10.9 Å². The predicted molar refractivity (Wildman–Crippen MR) is 86.5 cm³/mol. The number of aryl methyl sites for hydroxylation is 3. The standard InChI is InChI=1S/C17H21N3O/c1-4-5-14-9-13(10-16(18)19-14)17(21)20-15-7-11(2)6-12(3)8-15/h6-10H,4-5H2,1-3H3,(H2,18,19)(H,20,21). The summed E-state index contributed by atoms with van der Waals surface area (Å²) in [5.74, 6) is 0.220. The molecule has 110 valence electrons. The summed E-state index contributed by atoms with van der Waals surface area (Å²) in [6.07, 6.45) is 1.78. The van der Waals surface area contributed by atoms with Crippen LogP contribution in [0.2, 0.25) is 0 Å². The highest BCUT2D eigenvalue weighted by Crippen LogP contribution is 2.16. The van der Waals surface area contributed by atoms with Crippen LogP contribution in [0.4, 0.5) is 11.5 Å². The number of hydrogen-bond acceptors (Lipinski definition) is 3. The third kappa shape index (κ3) is 4.05. The maximum atomic E-state index is 12.4. The summed E-state index contributed by atoms with van der Waals surface area (Å²) in [7, 11) is 0. The molecule has 4 nitrogen and oxygen atoms in total. The van der Waals surface area contributed by atoms with Crippen molar-refractivity contribution in [2.75, 3.05) is 11.1 Å². The van der Waals surface area contributed by atoms with Crippen LogP contribution in [0, 0.1) is 13.8 Å². The summed E-state index contributed by atoms with van der Waals surface area (Å²) in [4.78, 5) is 16.6. The lowest BCUT2D eigenvalue weighted by Gasteiger charge is -2.09. The van der Waals surface area contributed by atoms with Crippen LogP contribution in [0.15, 0.2) is 30.3 Å². The van der Waals surface area contributed by atoms with Crippen molar-refractivity contribution in [3.05, 3.63) is 52.7 Å². The summed E-state index contributed by atoms with van der Waals surface area (Å²) in [5.41, 5.74) is 10.2. The summed E-state index contributed by atoms with van der Waals surface area (Å²) >= 11 is 0. The molecule has 0 saturated carbocycles. The molecule has 2 rings (SSSR count). The SMILES string of the molecule is CCCc1cc(C(=O)Nc2cc(C)cc(C)c2)cc(N)n1. The summed E-state index contributed by atoms with van der Waals surface area (Å²) in [6, 6.07) is 9.37. The van der Waals surface area contributed by atoms with Crippen molar-refractivity contribution < 1.29 is 4.79 Å². The van der Waals surface area contributed by atoms with Gasteiger partial charge in [-0.3, -0.25) is 4.79 Å². The fourth-order valence-corrected chi connectivity index (χ4v) is 2.38. The Morgan fingerprint density at radius 3 is 2.43 bits per heavy atom. The van der Waals surface area contributed by atoms with Crippen molar-refractivity contribution in [2.45, 2.75) is 33.6 Å². The van der Waals surface area contributed by atoms with Crippen LogP contribution in [-0.2, 0) is 6.42 Å². The number of rotatable bonds is 4. The first-order valence-corrected chi connectivity index (χ1v) is 7.14. The maximum absolute atomic E-state index is 12.4. The third-order valence-electron chi connectivity index (χ3n) is 3.15. The lowest BCUT2D eigenvalue weighted by molar-refractivity contribution is 0.102. The molecule has 1 aromatic carbocycles. The maximum Gasteiger partial charge on any atom is 0.255 e. The molecule has 21 heavy (non-hydrogen) atoms.